The lowest BCUT2D eigenvalue weighted by atomic mass is 9.60. The van der Waals surface area contributed by atoms with Gasteiger partial charge in [0.25, 0.3) is 0 Å². The molecule has 3 fully saturated rings. The molecule has 3 N–H and O–H groups in total. The van der Waals surface area contributed by atoms with E-state index in [1.54, 1.807) is 5.57 Å². The van der Waals surface area contributed by atoms with Crippen molar-refractivity contribution in [2.24, 2.45) is 23.2 Å². The Morgan fingerprint density at radius 3 is 2.48 bits per heavy atom. The van der Waals surface area contributed by atoms with Gasteiger partial charge in [0, 0.05) is 0 Å². The van der Waals surface area contributed by atoms with Crippen LogP contribution in [0.25, 0.3) is 0 Å². The van der Waals surface area contributed by atoms with Crippen LogP contribution in [0.15, 0.2) is 23.3 Å². The van der Waals surface area contributed by atoms with Gasteiger partial charge >= 0.3 is 0 Å². The van der Waals surface area contributed by atoms with Gasteiger partial charge in [-0.15, -0.1) is 0 Å². The minimum absolute atomic E-state index is 0.388. The smallest absolute Gasteiger partial charge is 0.0602 e. The number of rotatable bonds is 6. The molecule has 0 aromatic rings. The van der Waals surface area contributed by atoms with Gasteiger partial charge in [-0.2, -0.15) is 0 Å². The Bertz CT molecular complexity index is 602. The van der Waals surface area contributed by atoms with Gasteiger partial charge in [0.2, 0.25) is 0 Å². The third-order valence-corrected chi connectivity index (χ3v) is 8.25. The maximum atomic E-state index is 10.0. The zero-order valence-corrected chi connectivity index (χ0v) is 19.2. The molecule has 0 bridgehead atoms. The van der Waals surface area contributed by atoms with Gasteiger partial charge < -0.3 is 15.3 Å². The van der Waals surface area contributed by atoms with E-state index in [1.807, 2.05) is 13.8 Å². The largest absolute Gasteiger partial charge is 0.393 e. The Hall–Kier alpha value is -0.640. The molecule has 3 rings (SSSR count). The molecule has 29 heavy (non-hydrogen) atoms. The van der Waals surface area contributed by atoms with Crippen LogP contribution >= 0.6 is 0 Å². The van der Waals surface area contributed by atoms with Crippen LogP contribution in [-0.4, -0.2) is 33.1 Å². The molecule has 3 heteroatoms. The van der Waals surface area contributed by atoms with Gasteiger partial charge in [-0.25, -0.2) is 0 Å². The quantitative estimate of drug-likeness (QED) is 0.545. The Kier molecular flexibility index (Phi) is 7.34. The lowest BCUT2D eigenvalue weighted by Crippen LogP contribution is -2.36. The summed E-state index contributed by atoms with van der Waals surface area (Å²) in [6, 6.07) is 0. The second kappa shape index (κ2) is 9.24. The summed E-state index contributed by atoms with van der Waals surface area (Å²) in [4.78, 5) is 0. The summed E-state index contributed by atoms with van der Waals surface area (Å²) in [6.07, 6.45) is 15.4. The fourth-order valence-corrected chi connectivity index (χ4v) is 6.80. The van der Waals surface area contributed by atoms with Gasteiger partial charge in [-0.1, -0.05) is 50.0 Å². The summed E-state index contributed by atoms with van der Waals surface area (Å²) >= 11 is 0. The first-order chi connectivity index (χ1) is 13.6. The summed E-state index contributed by atoms with van der Waals surface area (Å²) in [5.41, 5.74) is 2.66. The zero-order chi connectivity index (χ0) is 21.2. The third-order valence-electron chi connectivity index (χ3n) is 8.25. The van der Waals surface area contributed by atoms with Crippen LogP contribution in [0.3, 0.4) is 0 Å². The van der Waals surface area contributed by atoms with Crippen LogP contribution in [0.4, 0.5) is 0 Å². The number of allylic oxidation sites excluding steroid dienone is 3. The molecule has 6 atom stereocenters. The van der Waals surface area contributed by atoms with Crippen molar-refractivity contribution in [3.8, 4) is 0 Å². The molecule has 0 amide bonds. The van der Waals surface area contributed by atoms with Crippen molar-refractivity contribution in [2.45, 2.75) is 116 Å². The van der Waals surface area contributed by atoms with E-state index in [0.717, 1.165) is 18.8 Å². The predicted octanol–water partition coefficient (Wildman–Crippen LogP) is 5.54. The van der Waals surface area contributed by atoms with E-state index in [4.69, 9.17) is 0 Å². The van der Waals surface area contributed by atoms with Crippen molar-refractivity contribution < 1.29 is 15.3 Å². The van der Waals surface area contributed by atoms with Crippen LogP contribution < -0.4 is 0 Å². The number of hydrogen-bond donors (Lipinski definition) is 3. The number of hydrogen-bond acceptors (Lipinski definition) is 3. The van der Waals surface area contributed by atoms with Crippen LogP contribution in [0.1, 0.15) is 98.3 Å². The summed E-state index contributed by atoms with van der Waals surface area (Å²) in [7, 11) is 0. The number of fused-ring (bicyclic) bond motifs is 1. The molecule has 0 aromatic heterocycles. The topological polar surface area (TPSA) is 60.7 Å². The molecular formula is C26H44O3. The Morgan fingerprint density at radius 1 is 1.14 bits per heavy atom. The minimum Gasteiger partial charge on any atom is -0.393 e. The highest BCUT2D eigenvalue weighted by Crippen LogP contribution is 2.59. The second-order valence-corrected chi connectivity index (χ2v) is 11.3. The fourth-order valence-electron chi connectivity index (χ4n) is 6.80. The van der Waals surface area contributed by atoms with Crippen molar-refractivity contribution in [1.82, 2.24) is 0 Å². The van der Waals surface area contributed by atoms with Crippen molar-refractivity contribution >= 4 is 0 Å². The van der Waals surface area contributed by atoms with E-state index >= 15 is 0 Å². The van der Waals surface area contributed by atoms with E-state index in [0.29, 0.717) is 36.5 Å². The molecule has 0 spiro atoms. The number of aliphatic hydroxyl groups excluding tert-OH is 2. The van der Waals surface area contributed by atoms with Crippen molar-refractivity contribution in [1.29, 1.82) is 0 Å². The van der Waals surface area contributed by atoms with E-state index in [9.17, 15) is 15.3 Å². The zero-order valence-electron chi connectivity index (χ0n) is 19.2. The Morgan fingerprint density at radius 2 is 1.83 bits per heavy atom. The van der Waals surface area contributed by atoms with E-state index in [2.05, 4.69) is 26.0 Å². The molecule has 0 aromatic carbocycles. The second-order valence-electron chi connectivity index (χ2n) is 11.3. The van der Waals surface area contributed by atoms with Crippen molar-refractivity contribution in [3.05, 3.63) is 23.3 Å². The first-order valence-corrected chi connectivity index (χ1v) is 12.1. The van der Waals surface area contributed by atoms with Crippen LogP contribution in [-0.2, 0) is 0 Å². The van der Waals surface area contributed by atoms with Crippen LogP contribution in [0.5, 0.6) is 0 Å². The standard InChI is InChI=1S/C26H44O3/c1-18(7-5-13-25(2,3)29)23-11-12-24-20(8-6-14-26(23,24)4)10-9-19-15-21(27)17-22(28)16-19/h9-10,18,21-24,27-29H,5-8,11-17H2,1-4H3/b20-10+/t18-,21-,22-,23-,24+,26-/m1/s1. The summed E-state index contributed by atoms with van der Waals surface area (Å²) in [5.74, 6) is 2.19. The summed E-state index contributed by atoms with van der Waals surface area (Å²) in [6.45, 7) is 8.81. The lowest BCUT2D eigenvalue weighted by Gasteiger charge is -2.44. The average molecular weight is 405 g/mol. The van der Waals surface area contributed by atoms with E-state index < -0.39 is 5.60 Å². The SMILES string of the molecule is C[C@H](CCCC(C)(C)O)[C@H]1CC[C@H]2/C(=C/C=C3C[C@@H](O)C[C@H](O)C3)CCC[C@]12C. The molecule has 3 aliphatic carbocycles. The Balaban J connectivity index is 1.66. The molecule has 0 aliphatic heterocycles. The number of aliphatic hydroxyl groups is 3. The molecule has 3 aliphatic rings. The normalized spacial score (nSPS) is 38.2. The van der Waals surface area contributed by atoms with Gasteiger partial charge in [0.05, 0.1) is 17.8 Å². The Labute approximate surface area is 178 Å². The highest BCUT2D eigenvalue weighted by atomic mass is 16.3. The van der Waals surface area contributed by atoms with E-state index in [1.165, 1.54) is 44.1 Å². The first kappa shape index (κ1) is 23.0. The monoisotopic (exact) mass is 404 g/mol. The molecule has 3 saturated carbocycles. The molecule has 0 heterocycles. The average Bonchev–Trinajstić information content (AvgIpc) is 2.95. The summed E-state index contributed by atoms with van der Waals surface area (Å²) < 4.78 is 0. The van der Waals surface area contributed by atoms with Crippen LogP contribution in [0.2, 0.25) is 0 Å². The maximum absolute atomic E-state index is 10.0. The van der Waals surface area contributed by atoms with Gasteiger partial charge in [0.1, 0.15) is 0 Å². The third kappa shape index (κ3) is 5.74. The van der Waals surface area contributed by atoms with Crippen molar-refractivity contribution in [2.75, 3.05) is 0 Å². The fraction of sp³-hybridized carbons (Fsp3) is 0.846. The predicted molar refractivity (Wildman–Crippen MR) is 120 cm³/mol. The first-order valence-electron chi connectivity index (χ1n) is 12.1. The highest BCUT2D eigenvalue weighted by molar-refractivity contribution is 5.26. The van der Waals surface area contributed by atoms with E-state index in [-0.39, 0.29) is 12.2 Å². The van der Waals surface area contributed by atoms with Gasteiger partial charge in [-0.05, 0) is 94.8 Å². The van der Waals surface area contributed by atoms with Gasteiger partial charge in [0.15, 0.2) is 0 Å². The lowest BCUT2D eigenvalue weighted by molar-refractivity contribution is 0.0591. The molecule has 166 valence electrons. The molecule has 3 nitrogen and oxygen atoms in total. The highest BCUT2D eigenvalue weighted by Gasteiger charge is 2.50. The van der Waals surface area contributed by atoms with Gasteiger partial charge in [-0.3, -0.25) is 0 Å². The molecular weight excluding hydrogens is 360 g/mol. The molecule has 0 unspecified atom stereocenters. The molecule has 0 saturated heterocycles. The van der Waals surface area contributed by atoms with Crippen molar-refractivity contribution in [3.63, 3.8) is 0 Å². The molecule has 0 radical (unpaired) electrons. The summed E-state index contributed by atoms with van der Waals surface area (Å²) in [5, 5.41) is 29.9. The minimum atomic E-state index is -0.545. The maximum Gasteiger partial charge on any atom is 0.0602 e. The van der Waals surface area contributed by atoms with Crippen LogP contribution in [0, 0.1) is 23.2 Å².